The number of hydrogen-bond acceptors (Lipinski definition) is 4. The molecule has 0 amide bonds. The molecule has 0 bridgehead atoms. The first-order chi connectivity index (χ1) is 10.0. The summed E-state index contributed by atoms with van der Waals surface area (Å²) >= 11 is 0. The third-order valence-corrected chi connectivity index (χ3v) is 4.42. The molecular formula is C17H26N2O2. The van der Waals surface area contributed by atoms with E-state index < -0.39 is 6.10 Å². The fraction of sp³-hybridized carbons (Fsp3) is 0.706. The van der Waals surface area contributed by atoms with Crippen molar-refractivity contribution in [3.8, 4) is 6.07 Å². The molecule has 1 aromatic rings. The number of hydrogen-bond donors (Lipinski definition) is 1. The normalized spacial score (nSPS) is 21.3. The van der Waals surface area contributed by atoms with Crippen molar-refractivity contribution < 1.29 is 9.52 Å². The second-order valence-electron chi connectivity index (χ2n) is 6.70. The van der Waals surface area contributed by atoms with E-state index in [0.29, 0.717) is 11.8 Å². The molecule has 21 heavy (non-hydrogen) atoms. The van der Waals surface area contributed by atoms with E-state index >= 15 is 0 Å². The van der Waals surface area contributed by atoms with Crippen LogP contribution in [0.1, 0.15) is 57.8 Å². The van der Waals surface area contributed by atoms with Crippen molar-refractivity contribution >= 4 is 0 Å². The third-order valence-electron chi connectivity index (χ3n) is 4.42. The van der Waals surface area contributed by atoms with Crippen molar-refractivity contribution in [2.45, 2.75) is 58.1 Å². The van der Waals surface area contributed by atoms with Crippen LogP contribution < -0.4 is 0 Å². The van der Waals surface area contributed by atoms with Crippen molar-refractivity contribution in [2.24, 2.45) is 5.41 Å². The van der Waals surface area contributed by atoms with Crippen LogP contribution in [0, 0.1) is 16.7 Å². The lowest BCUT2D eigenvalue weighted by Crippen LogP contribution is -2.32. The Morgan fingerprint density at radius 1 is 1.57 bits per heavy atom. The second-order valence-corrected chi connectivity index (χ2v) is 6.70. The molecule has 1 aliphatic heterocycles. The Bertz CT molecular complexity index is 462. The van der Waals surface area contributed by atoms with Gasteiger partial charge in [0.2, 0.25) is 0 Å². The standard InChI is InChI=1S/C17H26N2O2/c1-17(2,13-18)8-5-10-19-9-3-6-14(19)12-15(20)16-7-4-11-21-16/h4,7,11,14-15,20H,3,5-6,8-10,12H2,1-2H3. The average molecular weight is 290 g/mol. The number of rotatable bonds is 7. The molecule has 116 valence electrons. The summed E-state index contributed by atoms with van der Waals surface area (Å²) < 4.78 is 5.28. The van der Waals surface area contributed by atoms with Crippen molar-refractivity contribution in [2.75, 3.05) is 13.1 Å². The maximum absolute atomic E-state index is 10.2. The molecule has 1 saturated heterocycles. The molecule has 0 aliphatic carbocycles. The van der Waals surface area contributed by atoms with Gasteiger partial charge in [-0.1, -0.05) is 0 Å². The summed E-state index contributed by atoms with van der Waals surface area (Å²) in [6.07, 6.45) is 6.11. The number of aliphatic hydroxyl groups excluding tert-OH is 1. The van der Waals surface area contributed by atoms with Crippen LogP contribution in [0.3, 0.4) is 0 Å². The smallest absolute Gasteiger partial charge is 0.132 e. The average Bonchev–Trinajstić information content (AvgIpc) is 3.10. The minimum Gasteiger partial charge on any atom is -0.467 e. The third kappa shape index (κ3) is 4.59. The van der Waals surface area contributed by atoms with E-state index in [-0.39, 0.29) is 5.41 Å². The van der Waals surface area contributed by atoms with Gasteiger partial charge >= 0.3 is 0 Å². The molecule has 1 aliphatic rings. The Labute approximate surface area is 127 Å². The number of nitrogens with zero attached hydrogens (tertiary/aromatic N) is 2. The Morgan fingerprint density at radius 2 is 2.38 bits per heavy atom. The minimum atomic E-state index is -0.513. The van der Waals surface area contributed by atoms with Gasteiger partial charge in [0.1, 0.15) is 11.9 Å². The van der Waals surface area contributed by atoms with Gasteiger partial charge in [-0.15, -0.1) is 0 Å². The molecule has 2 atom stereocenters. The molecule has 1 fully saturated rings. The van der Waals surface area contributed by atoms with Gasteiger partial charge in [-0.25, -0.2) is 0 Å². The summed E-state index contributed by atoms with van der Waals surface area (Å²) in [6.45, 7) is 6.10. The molecule has 2 rings (SSSR count). The predicted octanol–water partition coefficient (Wildman–Crippen LogP) is 3.50. The zero-order chi connectivity index (χ0) is 15.3. The van der Waals surface area contributed by atoms with Crippen LogP contribution in [0.4, 0.5) is 0 Å². The van der Waals surface area contributed by atoms with Crippen LogP contribution in [0.5, 0.6) is 0 Å². The van der Waals surface area contributed by atoms with Crippen molar-refractivity contribution in [3.63, 3.8) is 0 Å². The molecule has 0 saturated carbocycles. The largest absolute Gasteiger partial charge is 0.467 e. The van der Waals surface area contributed by atoms with Crippen LogP contribution in [-0.4, -0.2) is 29.1 Å². The van der Waals surface area contributed by atoms with E-state index in [4.69, 9.17) is 9.68 Å². The van der Waals surface area contributed by atoms with Crippen molar-refractivity contribution in [3.05, 3.63) is 24.2 Å². The summed E-state index contributed by atoms with van der Waals surface area (Å²) in [4.78, 5) is 2.46. The first kappa shape index (κ1) is 16.1. The molecule has 1 N–H and O–H groups in total. The summed E-state index contributed by atoms with van der Waals surface area (Å²) in [5, 5.41) is 19.3. The Morgan fingerprint density at radius 3 is 3.05 bits per heavy atom. The Balaban J connectivity index is 1.79. The first-order valence-corrected chi connectivity index (χ1v) is 7.88. The number of nitriles is 1. The van der Waals surface area contributed by atoms with Gasteiger partial charge < -0.3 is 14.4 Å². The van der Waals surface area contributed by atoms with E-state index in [1.165, 1.54) is 6.42 Å². The predicted molar refractivity (Wildman–Crippen MR) is 81.5 cm³/mol. The lowest BCUT2D eigenvalue weighted by molar-refractivity contribution is 0.100. The van der Waals surface area contributed by atoms with E-state index in [2.05, 4.69) is 11.0 Å². The van der Waals surface area contributed by atoms with E-state index in [9.17, 15) is 5.11 Å². The summed E-state index contributed by atoms with van der Waals surface area (Å²) in [5.41, 5.74) is -0.233. The molecule has 1 aromatic heterocycles. The van der Waals surface area contributed by atoms with Gasteiger partial charge in [0, 0.05) is 6.04 Å². The highest BCUT2D eigenvalue weighted by molar-refractivity contribution is 5.02. The monoisotopic (exact) mass is 290 g/mol. The number of likely N-dealkylation sites (tertiary alicyclic amines) is 1. The minimum absolute atomic E-state index is 0.233. The van der Waals surface area contributed by atoms with Crippen LogP contribution in [0.15, 0.2) is 22.8 Å². The van der Waals surface area contributed by atoms with E-state index in [0.717, 1.165) is 38.8 Å². The van der Waals surface area contributed by atoms with Gasteiger partial charge in [0.25, 0.3) is 0 Å². The molecule has 0 radical (unpaired) electrons. The lowest BCUT2D eigenvalue weighted by Gasteiger charge is -2.27. The fourth-order valence-corrected chi connectivity index (χ4v) is 3.09. The topological polar surface area (TPSA) is 60.4 Å². The summed E-state index contributed by atoms with van der Waals surface area (Å²) in [7, 11) is 0. The quantitative estimate of drug-likeness (QED) is 0.835. The highest BCUT2D eigenvalue weighted by Crippen LogP contribution is 2.29. The molecule has 2 heterocycles. The molecule has 2 unspecified atom stereocenters. The SMILES string of the molecule is CC(C)(C#N)CCCN1CCCC1CC(O)c1ccco1. The van der Waals surface area contributed by atoms with Gasteiger partial charge in [0.05, 0.1) is 17.7 Å². The van der Waals surface area contributed by atoms with Crippen molar-refractivity contribution in [1.82, 2.24) is 4.90 Å². The van der Waals surface area contributed by atoms with Crippen molar-refractivity contribution in [1.29, 1.82) is 5.26 Å². The van der Waals surface area contributed by atoms with E-state index in [1.54, 1.807) is 6.26 Å². The molecular weight excluding hydrogens is 264 g/mol. The van der Waals surface area contributed by atoms with Gasteiger partial charge in [-0.3, -0.25) is 0 Å². The highest BCUT2D eigenvalue weighted by Gasteiger charge is 2.28. The van der Waals surface area contributed by atoms with E-state index in [1.807, 2.05) is 26.0 Å². The number of furan rings is 1. The van der Waals surface area contributed by atoms with Gasteiger partial charge in [-0.05, 0) is 71.2 Å². The summed E-state index contributed by atoms with van der Waals surface area (Å²) in [5.74, 6) is 0.660. The maximum atomic E-state index is 10.2. The fourth-order valence-electron chi connectivity index (χ4n) is 3.09. The summed E-state index contributed by atoms with van der Waals surface area (Å²) in [6, 6.07) is 6.43. The van der Waals surface area contributed by atoms with Crippen LogP contribution in [0.25, 0.3) is 0 Å². The highest BCUT2D eigenvalue weighted by atomic mass is 16.4. The maximum Gasteiger partial charge on any atom is 0.132 e. The zero-order valence-electron chi connectivity index (χ0n) is 13.1. The van der Waals surface area contributed by atoms with Gasteiger partial charge in [0.15, 0.2) is 0 Å². The Hall–Kier alpha value is -1.31. The van der Waals surface area contributed by atoms with Crippen LogP contribution >= 0.6 is 0 Å². The first-order valence-electron chi connectivity index (χ1n) is 7.88. The molecule has 0 aromatic carbocycles. The number of aliphatic hydroxyl groups is 1. The molecule has 4 nitrogen and oxygen atoms in total. The second kappa shape index (κ2) is 7.11. The Kier molecular flexibility index (Phi) is 5.44. The lowest BCUT2D eigenvalue weighted by atomic mass is 9.90. The molecule has 4 heteroatoms. The van der Waals surface area contributed by atoms with Gasteiger partial charge in [-0.2, -0.15) is 5.26 Å². The van der Waals surface area contributed by atoms with Crippen LogP contribution in [0.2, 0.25) is 0 Å². The van der Waals surface area contributed by atoms with Crippen LogP contribution in [-0.2, 0) is 0 Å². The zero-order valence-corrected chi connectivity index (χ0v) is 13.1. The molecule has 0 spiro atoms.